The topological polar surface area (TPSA) is 61.2 Å². The fraction of sp³-hybridized carbons (Fsp3) is 0.308. The number of rotatable bonds is 4. The summed E-state index contributed by atoms with van der Waals surface area (Å²) in [6.07, 6.45) is 0. The molecule has 0 fully saturated rings. The molecule has 0 amide bonds. The first-order valence-electron chi connectivity index (χ1n) is 6.05. The molecule has 2 aromatic rings. The average molecular weight is 394 g/mol. The van der Waals surface area contributed by atoms with Crippen molar-refractivity contribution in [3.05, 3.63) is 39.6 Å². The van der Waals surface area contributed by atoms with Crippen LogP contribution in [0.4, 0.5) is 0 Å². The van der Waals surface area contributed by atoms with E-state index in [0.717, 1.165) is 15.8 Å². The van der Waals surface area contributed by atoms with Gasteiger partial charge in [0.05, 0.1) is 25.0 Å². The minimum Gasteiger partial charge on any atom is -0.497 e. The largest absolute Gasteiger partial charge is 0.497 e. The predicted octanol–water partition coefficient (Wildman–Crippen LogP) is 3.25. The highest BCUT2D eigenvalue weighted by Gasteiger charge is 2.22. The van der Waals surface area contributed by atoms with E-state index in [9.17, 15) is 8.42 Å². The molecule has 0 saturated carbocycles. The predicted molar refractivity (Wildman–Crippen MR) is 84.5 cm³/mol. The molecule has 1 aromatic carbocycles. The number of nitrogens with zero attached hydrogens (tertiary/aromatic N) is 2. The SMILES string of the molecule is COc1ccc(Br)c(Cn2nc(C)c(S(=O)(=O)Cl)c2C)c1. The van der Waals surface area contributed by atoms with Gasteiger partial charge < -0.3 is 4.74 Å². The Kier molecular flexibility index (Phi) is 4.65. The van der Waals surface area contributed by atoms with Crippen LogP contribution in [0.2, 0.25) is 0 Å². The summed E-state index contributed by atoms with van der Waals surface area (Å²) in [7, 11) is 3.24. The number of hydrogen-bond acceptors (Lipinski definition) is 4. The molecule has 5 nitrogen and oxygen atoms in total. The average Bonchev–Trinajstić information content (AvgIpc) is 2.66. The first-order chi connectivity index (χ1) is 9.74. The van der Waals surface area contributed by atoms with Crippen molar-refractivity contribution >= 4 is 35.7 Å². The van der Waals surface area contributed by atoms with E-state index in [0.29, 0.717) is 17.9 Å². The van der Waals surface area contributed by atoms with Crippen LogP contribution in [0.3, 0.4) is 0 Å². The van der Waals surface area contributed by atoms with Crippen molar-refractivity contribution in [3.8, 4) is 5.75 Å². The Balaban J connectivity index is 2.46. The molecule has 0 aliphatic heterocycles. The lowest BCUT2D eigenvalue weighted by Gasteiger charge is -2.09. The second-order valence-electron chi connectivity index (χ2n) is 4.55. The molecule has 0 radical (unpaired) electrons. The van der Waals surface area contributed by atoms with Gasteiger partial charge in [0.2, 0.25) is 0 Å². The molecule has 2 rings (SSSR count). The lowest BCUT2D eigenvalue weighted by molar-refractivity contribution is 0.414. The normalized spacial score (nSPS) is 11.7. The van der Waals surface area contributed by atoms with E-state index in [2.05, 4.69) is 21.0 Å². The van der Waals surface area contributed by atoms with Crippen molar-refractivity contribution in [1.82, 2.24) is 9.78 Å². The van der Waals surface area contributed by atoms with Crippen LogP contribution in [0.5, 0.6) is 5.75 Å². The van der Waals surface area contributed by atoms with Crippen molar-refractivity contribution in [1.29, 1.82) is 0 Å². The monoisotopic (exact) mass is 392 g/mol. The van der Waals surface area contributed by atoms with Gasteiger partial charge in [-0.05, 0) is 37.6 Å². The Labute approximate surface area is 136 Å². The molecule has 0 saturated heterocycles. The van der Waals surface area contributed by atoms with Gasteiger partial charge in [-0.2, -0.15) is 5.10 Å². The van der Waals surface area contributed by atoms with Crippen LogP contribution in [0, 0.1) is 13.8 Å². The van der Waals surface area contributed by atoms with E-state index in [4.69, 9.17) is 15.4 Å². The Morgan fingerprint density at radius 2 is 2.05 bits per heavy atom. The number of hydrogen-bond donors (Lipinski definition) is 0. The number of benzene rings is 1. The zero-order valence-electron chi connectivity index (χ0n) is 11.7. The van der Waals surface area contributed by atoms with Gasteiger partial charge in [-0.1, -0.05) is 15.9 Å². The maximum absolute atomic E-state index is 11.6. The second kappa shape index (κ2) is 5.98. The van der Waals surface area contributed by atoms with Crippen LogP contribution in [0.15, 0.2) is 27.6 Å². The van der Waals surface area contributed by atoms with Gasteiger partial charge in [0.25, 0.3) is 9.05 Å². The first kappa shape index (κ1) is 16.3. The molecule has 0 atom stereocenters. The van der Waals surface area contributed by atoms with Gasteiger partial charge >= 0.3 is 0 Å². The highest BCUT2D eigenvalue weighted by molar-refractivity contribution is 9.10. The Hall–Kier alpha value is -1.05. The van der Waals surface area contributed by atoms with Crippen LogP contribution >= 0.6 is 26.6 Å². The molecule has 8 heteroatoms. The number of ether oxygens (including phenoxy) is 1. The third-order valence-corrected chi connectivity index (χ3v) is 5.45. The quantitative estimate of drug-likeness (QED) is 0.748. The van der Waals surface area contributed by atoms with Crippen molar-refractivity contribution in [3.63, 3.8) is 0 Å². The third-order valence-electron chi connectivity index (χ3n) is 3.13. The molecule has 114 valence electrons. The molecule has 0 aliphatic rings. The van der Waals surface area contributed by atoms with Crippen molar-refractivity contribution < 1.29 is 13.2 Å². The van der Waals surface area contributed by atoms with Gasteiger partial charge in [0, 0.05) is 15.2 Å². The van der Waals surface area contributed by atoms with E-state index in [1.807, 2.05) is 18.2 Å². The third kappa shape index (κ3) is 3.41. The van der Waals surface area contributed by atoms with Gasteiger partial charge in [-0.15, -0.1) is 0 Å². The van der Waals surface area contributed by atoms with Crippen molar-refractivity contribution in [2.24, 2.45) is 0 Å². The lowest BCUT2D eigenvalue weighted by Crippen LogP contribution is -2.05. The fourth-order valence-corrected chi connectivity index (χ4v) is 4.04. The summed E-state index contributed by atoms with van der Waals surface area (Å²) < 4.78 is 30.9. The Morgan fingerprint density at radius 3 is 2.57 bits per heavy atom. The summed E-state index contributed by atoms with van der Waals surface area (Å²) in [6.45, 7) is 3.72. The number of methoxy groups -OCH3 is 1. The van der Waals surface area contributed by atoms with Crippen LogP contribution < -0.4 is 4.74 Å². The summed E-state index contributed by atoms with van der Waals surface area (Å²) in [5.74, 6) is 0.722. The molecule has 0 aliphatic carbocycles. The van der Waals surface area contributed by atoms with E-state index in [-0.39, 0.29) is 4.90 Å². The molecular weight excluding hydrogens is 380 g/mol. The van der Waals surface area contributed by atoms with Gasteiger partial charge in [0.15, 0.2) is 0 Å². The molecule has 1 aromatic heterocycles. The standard InChI is InChI=1S/C13H14BrClN2O3S/c1-8-13(21(15,18)19)9(2)17(16-8)7-10-6-11(20-3)4-5-12(10)14/h4-6H,7H2,1-3H3. The summed E-state index contributed by atoms with van der Waals surface area (Å²) in [5, 5.41) is 4.26. The molecule has 0 bridgehead atoms. The van der Waals surface area contributed by atoms with Gasteiger partial charge in [0.1, 0.15) is 10.6 Å². The van der Waals surface area contributed by atoms with Crippen molar-refractivity contribution in [2.75, 3.05) is 7.11 Å². The summed E-state index contributed by atoms with van der Waals surface area (Å²) in [5.41, 5.74) is 1.83. The first-order valence-corrected chi connectivity index (χ1v) is 9.15. The molecule has 0 unspecified atom stereocenters. The fourth-order valence-electron chi connectivity index (χ4n) is 2.15. The minimum absolute atomic E-state index is 0.0724. The number of aryl methyl sites for hydroxylation is 1. The Morgan fingerprint density at radius 1 is 1.38 bits per heavy atom. The number of aromatic nitrogens is 2. The number of halogens is 2. The van der Waals surface area contributed by atoms with Crippen molar-refractivity contribution in [2.45, 2.75) is 25.3 Å². The maximum Gasteiger partial charge on any atom is 0.264 e. The molecular formula is C13H14BrClN2O3S. The summed E-state index contributed by atoms with van der Waals surface area (Å²) in [4.78, 5) is 0.0724. The van der Waals surface area contributed by atoms with Crippen LogP contribution in [0.25, 0.3) is 0 Å². The smallest absolute Gasteiger partial charge is 0.264 e. The minimum atomic E-state index is -3.81. The molecule has 1 heterocycles. The zero-order chi connectivity index (χ0) is 15.8. The van der Waals surface area contributed by atoms with Crippen LogP contribution in [-0.2, 0) is 15.6 Å². The van der Waals surface area contributed by atoms with Crippen LogP contribution in [0.1, 0.15) is 17.0 Å². The highest BCUT2D eigenvalue weighted by Crippen LogP contribution is 2.27. The molecule has 0 N–H and O–H groups in total. The van der Waals surface area contributed by atoms with E-state index in [1.165, 1.54) is 0 Å². The molecule has 21 heavy (non-hydrogen) atoms. The highest BCUT2D eigenvalue weighted by atomic mass is 79.9. The summed E-state index contributed by atoms with van der Waals surface area (Å²) >= 11 is 3.47. The van der Waals surface area contributed by atoms with E-state index in [1.54, 1.807) is 25.6 Å². The summed E-state index contributed by atoms with van der Waals surface area (Å²) in [6, 6.07) is 5.58. The lowest BCUT2D eigenvalue weighted by atomic mass is 10.2. The molecule has 0 spiro atoms. The van der Waals surface area contributed by atoms with Crippen LogP contribution in [-0.4, -0.2) is 25.3 Å². The second-order valence-corrected chi connectivity index (χ2v) is 7.91. The Bertz CT molecular complexity index is 787. The zero-order valence-corrected chi connectivity index (χ0v) is 14.9. The van der Waals surface area contributed by atoms with Gasteiger partial charge in [-0.3, -0.25) is 4.68 Å². The van der Waals surface area contributed by atoms with E-state index < -0.39 is 9.05 Å². The maximum atomic E-state index is 11.6. The van der Waals surface area contributed by atoms with Gasteiger partial charge in [-0.25, -0.2) is 8.42 Å². The van der Waals surface area contributed by atoms with E-state index >= 15 is 0 Å².